The molecule has 7 heteroatoms. The Bertz CT molecular complexity index is 1030. The number of carbonyl (C=O) groups is 1. The second-order valence-electron chi connectivity index (χ2n) is 7.05. The van der Waals surface area contributed by atoms with Gasteiger partial charge < -0.3 is 10.1 Å². The van der Waals surface area contributed by atoms with Crippen LogP contribution in [0, 0.1) is 18.7 Å². The average Bonchev–Trinajstić information content (AvgIpc) is 3.40. The molecule has 1 aliphatic rings. The lowest BCUT2D eigenvalue weighted by atomic mass is 10.1. The molecule has 2 heterocycles. The number of aryl methyl sites for hydroxylation is 1. The van der Waals surface area contributed by atoms with Gasteiger partial charge in [-0.2, -0.15) is 0 Å². The van der Waals surface area contributed by atoms with Crippen molar-refractivity contribution in [2.75, 3.05) is 7.11 Å². The third-order valence-electron chi connectivity index (χ3n) is 5.00. The molecule has 1 saturated carbocycles. The molecule has 1 N–H and O–H groups in total. The Morgan fingerprint density at radius 1 is 1.33 bits per heavy atom. The fraction of sp³-hybridized carbons (Fsp3) is 0.350. The van der Waals surface area contributed by atoms with Crippen LogP contribution in [0.3, 0.4) is 0 Å². The summed E-state index contributed by atoms with van der Waals surface area (Å²) in [6, 6.07) is 6.37. The predicted octanol–water partition coefficient (Wildman–Crippen LogP) is 3.38. The van der Waals surface area contributed by atoms with Crippen molar-refractivity contribution in [3.63, 3.8) is 0 Å². The van der Waals surface area contributed by atoms with E-state index in [4.69, 9.17) is 4.74 Å². The highest BCUT2D eigenvalue weighted by atomic mass is 19.1. The van der Waals surface area contributed by atoms with Gasteiger partial charge in [-0.05, 0) is 50.8 Å². The molecule has 2 aromatic heterocycles. The van der Waals surface area contributed by atoms with Crippen molar-refractivity contribution in [2.24, 2.45) is 5.92 Å². The number of hydrogen-bond donors (Lipinski definition) is 1. The van der Waals surface area contributed by atoms with Gasteiger partial charge in [-0.1, -0.05) is 0 Å². The molecule has 1 fully saturated rings. The first kappa shape index (κ1) is 17.5. The Kier molecular flexibility index (Phi) is 4.30. The topological polar surface area (TPSA) is 68.5 Å². The van der Waals surface area contributed by atoms with Gasteiger partial charge in [0.25, 0.3) is 5.91 Å². The van der Waals surface area contributed by atoms with Crippen molar-refractivity contribution < 1.29 is 13.9 Å². The van der Waals surface area contributed by atoms with Crippen molar-refractivity contribution in [1.82, 2.24) is 19.7 Å². The zero-order chi connectivity index (χ0) is 19.1. The first-order valence-electron chi connectivity index (χ1n) is 8.97. The number of nitrogens with zero attached hydrogens (tertiary/aromatic N) is 3. The maximum absolute atomic E-state index is 13.9. The van der Waals surface area contributed by atoms with Crippen LogP contribution in [0.5, 0.6) is 5.75 Å². The summed E-state index contributed by atoms with van der Waals surface area (Å²) in [7, 11) is 1.49. The molecule has 0 bridgehead atoms. The van der Waals surface area contributed by atoms with Crippen LogP contribution < -0.4 is 10.1 Å². The summed E-state index contributed by atoms with van der Waals surface area (Å²) in [5, 5.41) is 3.01. The number of fused-ring (bicyclic) bond motifs is 1. The second kappa shape index (κ2) is 6.64. The predicted molar refractivity (Wildman–Crippen MR) is 99.3 cm³/mol. The molecule has 0 aliphatic heterocycles. The van der Waals surface area contributed by atoms with Crippen LogP contribution in [0.4, 0.5) is 4.39 Å². The third kappa shape index (κ3) is 3.37. The summed E-state index contributed by atoms with van der Waals surface area (Å²) in [6.07, 6.45) is 3.88. The molecule has 0 spiro atoms. The quantitative estimate of drug-likeness (QED) is 0.750. The minimum atomic E-state index is -0.409. The van der Waals surface area contributed by atoms with Crippen LogP contribution >= 0.6 is 0 Å². The van der Waals surface area contributed by atoms with E-state index >= 15 is 0 Å². The van der Waals surface area contributed by atoms with Gasteiger partial charge in [-0.15, -0.1) is 0 Å². The second-order valence-corrected chi connectivity index (χ2v) is 7.05. The van der Waals surface area contributed by atoms with Crippen molar-refractivity contribution in [3.8, 4) is 17.0 Å². The number of benzene rings is 1. The monoisotopic (exact) mass is 368 g/mol. The van der Waals surface area contributed by atoms with Crippen molar-refractivity contribution in [2.45, 2.75) is 32.7 Å². The van der Waals surface area contributed by atoms with Crippen LogP contribution in [-0.4, -0.2) is 33.4 Å². The fourth-order valence-electron chi connectivity index (χ4n) is 3.25. The zero-order valence-corrected chi connectivity index (χ0v) is 15.5. The number of halogens is 1. The number of nitrogens with one attached hydrogen (secondary N) is 1. The Balaban J connectivity index is 1.75. The Hall–Kier alpha value is -2.96. The molecule has 6 nitrogen and oxygen atoms in total. The number of aromatic nitrogens is 3. The minimum Gasteiger partial charge on any atom is -0.497 e. The average molecular weight is 368 g/mol. The largest absolute Gasteiger partial charge is 0.497 e. The number of methoxy groups -OCH3 is 1. The van der Waals surface area contributed by atoms with E-state index in [1.807, 2.05) is 19.9 Å². The number of rotatable bonds is 5. The molecule has 0 radical (unpaired) electrons. The van der Waals surface area contributed by atoms with Gasteiger partial charge in [-0.3, -0.25) is 9.20 Å². The highest BCUT2D eigenvalue weighted by molar-refractivity contribution is 5.98. The molecule has 0 saturated heterocycles. The minimum absolute atomic E-state index is 0.117. The summed E-state index contributed by atoms with van der Waals surface area (Å²) in [5.41, 5.74) is 2.71. The number of amides is 1. The maximum atomic E-state index is 13.9. The molecule has 140 valence electrons. The number of ether oxygens (including phenoxy) is 1. The molecule has 27 heavy (non-hydrogen) atoms. The van der Waals surface area contributed by atoms with Gasteiger partial charge in [0.15, 0.2) is 11.3 Å². The molecule has 1 atom stereocenters. The van der Waals surface area contributed by atoms with E-state index in [-0.39, 0.29) is 17.6 Å². The molecule has 1 aliphatic carbocycles. The highest BCUT2D eigenvalue weighted by Crippen LogP contribution is 2.32. The van der Waals surface area contributed by atoms with Gasteiger partial charge in [0.1, 0.15) is 17.9 Å². The van der Waals surface area contributed by atoms with Gasteiger partial charge >= 0.3 is 0 Å². The first-order chi connectivity index (χ1) is 13.0. The van der Waals surface area contributed by atoms with Gasteiger partial charge in [0.05, 0.1) is 12.8 Å². The van der Waals surface area contributed by atoms with E-state index in [9.17, 15) is 9.18 Å². The molecular weight excluding hydrogens is 347 g/mol. The van der Waals surface area contributed by atoms with E-state index in [0.717, 1.165) is 18.5 Å². The van der Waals surface area contributed by atoms with Gasteiger partial charge in [0, 0.05) is 23.4 Å². The van der Waals surface area contributed by atoms with Crippen LogP contribution in [0.1, 0.15) is 35.9 Å². The smallest absolute Gasteiger partial charge is 0.274 e. The summed E-state index contributed by atoms with van der Waals surface area (Å²) >= 11 is 0. The van der Waals surface area contributed by atoms with Crippen LogP contribution in [0.15, 0.2) is 30.6 Å². The van der Waals surface area contributed by atoms with Crippen LogP contribution in [-0.2, 0) is 0 Å². The van der Waals surface area contributed by atoms with Crippen molar-refractivity contribution in [1.29, 1.82) is 0 Å². The molecule has 4 rings (SSSR count). The van der Waals surface area contributed by atoms with Gasteiger partial charge in [-0.25, -0.2) is 14.4 Å². The summed E-state index contributed by atoms with van der Waals surface area (Å²) < 4.78 is 20.8. The normalized spacial score (nSPS) is 15.0. The van der Waals surface area contributed by atoms with E-state index in [1.165, 1.54) is 19.2 Å². The summed E-state index contributed by atoms with van der Waals surface area (Å²) in [6.45, 7) is 3.90. The lowest BCUT2D eigenvalue weighted by Gasteiger charge is -2.12. The molecule has 3 aromatic rings. The third-order valence-corrected chi connectivity index (χ3v) is 5.00. The Morgan fingerprint density at radius 3 is 2.81 bits per heavy atom. The zero-order valence-electron chi connectivity index (χ0n) is 15.5. The van der Waals surface area contributed by atoms with E-state index in [1.54, 1.807) is 16.8 Å². The van der Waals surface area contributed by atoms with Crippen molar-refractivity contribution in [3.05, 3.63) is 47.8 Å². The van der Waals surface area contributed by atoms with Crippen molar-refractivity contribution >= 4 is 11.6 Å². The van der Waals surface area contributed by atoms with Gasteiger partial charge in [0.2, 0.25) is 0 Å². The lowest BCUT2D eigenvalue weighted by Crippen LogP contribution is -2.34. The highest BCUT2D eigenvalue weighted by Gasteiger charge is 2.30. The number of imidazole rings is 1. The molecule has 0 unspecified atom stereocenters. The van der Waals surface area contributed by atoms with E-state index < -0.39 is 5.82 Å². The van der Waals surface area contributed by atoms with E-state index in [2.05, 4.69) is 15.3 Å². The molecule has 1 amide bonds. The maximum Gasteiger partial charge on any atom is 0.274 e. The molecule has 1 aromatic carbocycles. The SMILES string of the molecule is COc1cc(F)cc(-c2cc(C)n3cnc(C(=O)N[C@@H](C)C4CC4)c3n2)c1. The Labute approximate surface area is 156 Å². The Morgan fingerprint density at radius 2 is 2.11 bits per heavy atom. The lowest BCUT2D eigenvalue weighted by molar-refractivity contribution is 0.0933. The summed E-state index contributed by atoms with van der Waals surface area (Å²) in [4.78, 5) is 21.5. The van der Waals surface area contributed by atoms with E-state index in [0.29, 0.717) is 28.6 Å². The summed E-state index contributed by atoms with van der Waals surface area (Å²) in [5.74, 6) is 0.313. The number of carbonyl (C=O) groups excluding carboxylic acids is 1. The van der Waals surface area contributed by atoms with Crippen LogP contribution in [0.2, 0.25) is 0 Å². The first-order valence-corrected chi connectivity index (χ1v) is 8.97. The molecular formula is C20H21FN4O2. The number of hydrogen-bond acceptors (Lipinski definition) is 4. The standard InChI is InChI=1S/C20H21FN4O2/c1-11-6-17(14-7-15(21)9-16(8-14)27-3)24-19-18(22-10-25(11)19)20(26)23-12(2)13-4-5-13/h6-10,12-13H,4-5H2,1-3H3,(H,23,26)/t12-/m0/s1. The fourth-order valence-corrected chi connectivity index (χ4v) is 3.25. The van der Waals surface area contributed by atoms with Crippen LogP contribution in [0.25, 0.3) is 16.9 Å².